The van der Waals surface area contributed by atoms with Crippen LogP contribution in [0, 0.1) is 6.92 Å². The Morgan fingerprint density at radius 1 is 1.08 bits per heavy atom. The number of sulfonamides is 1. The van der Waals surface area contributed by atoms with E-state index in [-0.39, 0.29) is 29.0 Å². The van der Waals surface area contributed by atoms with Crippen LogP contribution in [0.5, 0.6) is 5.75 Å². The van der Waals surface area contributed by atoms with Crippen LogP contribution in [-0.2, 0) is 16.6 Å². The quantitative estimate of drug-likeness (QED) is 0.377. The Balaban J connectivity index is 1.33. The van der Waals surface area contributed by atoms with Gasteiger partial charge in [-0.1, -0.05) is 17.3 Å². The standard InChI is InChI=1S/C22H19F3N6O4S/c1-14-26-20(21-27-19(29-35-21)16-6-8-18(9-7-16)34-22(23,24)25)28-30(14)13-15-4-2-5-17(12-15)31-10-3-11-36(31,32)33/h2,4-9,12H,3,10-11,13H2,1H3. The highest BCUT2D eigenvalue weighted by atomic mass is 32.2. The minimum atomic E-state index is -4.78. The minimum Gasteiger partial charge on any atom is -0.406 e. The van der Waals surface area contributed by atoms with Crippen molar-refractivity contribution < 1.29 is 30.8 Å². The molecule has 188 valence electrons. The first-order valence-electron chi connectivity index (χ1n) is 10.8. The highest BCUT2D eigenvalue weighted by Crippen LogP contribution is 2.27. The molecule has 14 heteroatoms. The van der Waals surface area contributed by atoms with E-state index in [1.54, 1.807) is 29.8 Å². The van der Waals surface area contributed by atoms with Crippen molar-refractivity contribution in [2.75, 3.05) is 16.6 Å². The number of benzene rings is 2. The molecule has 2 aromatic heterocycles. The summed E-state index contributed by atoms with van der Waals surface area (Å²) in [7, 11) is -3.29. The van der Waals surface area contributed by atoms with Crippen molar-refractivity contribution in [2.24, 2.45) is 0 Å². The lowest BCUT2D eigenvalue weighted by molar-refractivity contribution is -0.274. The van der Waals surface area contributed by atoms with Crippen LogP contribution < -0.4 is 9.04 Å². The molecule has 0 radical (unpaired) electrons. The van der Waals surface area contributed by atoms with Gasteiger partial charge in [0.15, 0.2) is 0 Å². The number of halogens is 3. The SMILES string of the molecule is Cc1nc(-c2nc(-c3ccc(OC(F)(F)F)cc3)no2)nn1Cc1cccc(N2CCCS2(=O)=O)c1. The van der Waals surface area contributed by atoms with Gasteiger partial charge in [-0.15, -0.1) is 18.3 Å². The molecule has 1 saturated heterocycles. The summed E-state index contributed by atoms with van der Waals surface area (Å²) in [5, 5.41) is 8.28. The summed E-state index contributed by atoms with van der Waals surface area (Å²) in [5.74, 6) is 0.716. The number of aryl methyl sites for hydroxylation is 1. The molecule has 1 aliphatic heterocycles. The molecule has 2 aromatic carbocycles. The predicted molar refractivity (Wildman–Crippen MR) is 121 cm³/mol. The van der Waals surface area contributed by atoms with Crippen LogP contribution in [0.4, 0.5) is 18.9 Å². The number of rotatable bonds is 6. The largest absolute Gasteiger partial charge is 0.573 e. The van der Waals surface area contributed by atoms with Crippen LogP contribution in [0.15, 0.2) is 53.1 Å². The molecule has 0 amide bonds. The number of alkyl halides is 3. The van der Waals surface area contributed by atoms with Crippen molar-refractivity contribution in [1.82, 2.24) is 24.9 Å². The van der Waals surface area contributed by atoms with Gasteiger partial charge in [0.25, 0.3) is 5.89 Å². The minimum absolute atomic E-state index is 0.0411. The molecular weight excluding hydrogens is 501 g/mol. The molecule has 0 saturated carbocycles. The summed E-state index contributed by atoms with van der Waals surface area (Å²) in [6.07, 6.45) is -4.19. The van der Waals surface area contributed by atoms with Gasteiger partial charge in [0.1, 0.15) is 11.6 Å². The zero-order chi connectivity index (χ0) is 25.5. The van der Waals surface area contributed by atoms with E-state index in [0.717, 1.165) is 17.7 Å². The predicted octanol–water partition coefficient (Wildman–Crippen LogP) is 3.79. The van der Waals surface area contributed by atoms with Gasteiger partial charge in [-0.05, 0) is 55.3 Å². The third-order valence-corrected chi connectivity index (χ3v) is 7.32. The smallest absolute Gasteiger partial charge is 0.406 e. The molecule has 10 nitrogen and oxygen atoms in total. The first-order chi connectivity index (χ1) is 17.1. The van der Waals surface area contributed by atoms with Crippen LogP contribution in [0.25, 0.3) is 23.1 Å². The lowest BCUT2D eigenvalue weighted by Crippen LogP contribution is -2.25. The first-order valence-corrected chi connectivity index (χ1v) is 12.4. The summed E-state index contributed by atoms with van der Waals surface area (Å²) in [6.45, 7) is 2.54. The van der Waals surface area contributed by atoms with Crippen LogP contribution in [0.3, 0.4) is 0 Å². The third kappa shape index (κ3) is 5.03. The van der Waals surface area contributed by atoms with Crippen LogP contribution in [0.2, 0.25) is 0 Å². The molecule has 4 aromatic rings. The molecule has 0 unspecified atom stereocenters. The summed E-state index contributed by atoms with van der Waals surface area (Å²) >= 11 is 0. The molecule has 0 atom stereocenters. The van der Waals surface area contributed by atoms with Gasteiger partial charge in [-0.3, -0.25) is 4.31 Å². The highest BCUT2D eigenvalue weighted by Gasteiger charge is 2.31. The molecule has 3 heterocycles. The van der Waals surface area contributed by atoms with E-state index in [1.807, 2.05) is 6.07 Å². The Hall–Kier alpha value is -3.94. The monoisotopic (exact) mass is 520 g/mol. The van der Waals surface area contributed by atoms with Crippen molar-refractivity contribution in [2.45, 2.75) is 26.3 Å². The van der Waals surface area contributed by atoms with E-state index < -0.39 is 16.4 Å². The topological polar surface area (TPSA) is 116 Å². The highest BCUT2D eigenvalue weighted by molar-refractivity contribution is 7.93. The summed E-state index contributed by atoms with van der Waals surface area (Å²) in [6, 6.07) is 12.3. The molecule has 0 N–H and O–H groups in total. The molecule has 0 spiro atoms. The number of nitrogens with zero attached hydrogens (tertiary/aromatic N) is 6. The molecule has 0 aliphatic carbocycles. The summed E-state index contributed by atoms with van der Waals surface area (Å²) in [5.41, 5.74) is 1.86. The second-order valence-corrected chi connectivity index (χ2v) is 10.1. The second-order valence-electron chi connectivity index (χ2n) is 8.05. The number of ether oxygens (including phenoxy) is 1. The van der Waals surface area contributed by atoms with Gasteiger partial charge in [0.05, 0.1) is 18.0 Å². The van der Waals surface area contributed by atoms with Crippen molar-refractivity contribution in [3.05, 3.63) is 59.9 Å². The zero-order valence-electron chi connectivity index (χ0n) is 18.8. The van der Waals surface area contributed by atoms with Crippen molar-refractivity contribution in [1.29, 1.82) is 0 Å². The number of aromatic nitrogens is 5. The summed E-state index contributed by atoms with van der Waals surface area (Å²) < 4.78 is 73.7. The lowest BCUT2D eigenvalue weighted by Gasteiger charge is -2.17. The Morgan fingerprint density at radius 3 is 2.56 bits per heavy atom. The van der Waals surface area contributed by atoms with Gasteiger partial charge in [-0.25, -0.2) is 18.1 Å². The van der Waals surface area contributed by atoms with Gasteiger partial charge in [-0.2, -0.15) is 4.98 Å². The van der Waals surface area contributed by atoms with Gasteiger partial charge in [0.2, 0.25) is 21.7 Å². The average molecular weight is 520 g/mol. The Morgan fingerprint density at radius 2 is 1.86 bits per heavy atom. The van der Waals surface area contributed by atoms with E-state index in [0.29, 0.717) is 36.6 Å². The second kappa shape index (κ2) is 8.93. The average Bonchev–Trinajstić information content (AvgIpc) is 3.52. The van der Waals surface area contributed by atoms with Crippen LogP contribution >= 0.6 is 0 Å². The van der Waals surface area contributed by atoms with Gasteiger partial charge in [0, 0.05) is 12.1 Å². The fraction of sp³-hybridized carbons (Fsp3) is 0.273. The van der Waals surface area contributed by atoms with E-state index in [2.05, 4.69) is 25.0 Å². The Bertz CT molecular complexity index is 1500. The maximum absolute atomic E-state index is 12.3. The fourth-order valence-electron chi connectivity index (χ4n) is 3.81. The normalized spacial score (nSPS) is 15.4. The molecule has 36 heavy (non-hydrogen) atoms. The third-order valence-electron chi connectivity index (χ3n) is 5.45. The number of anilines is 1. The summed E-state index contributed by atoms with van der Waals surface area (Å²) in [4.78, 5) is 8.61. The van der Waals surface area contributed by atoms with Crippen molar-refractivity contribution in [3.8, 4) is 28.9 Å². The van der Waals surface area contributed by atoms with Crippen molar-refractivity contribution in [3.63, 3.8) is 0 Å². The van der Waals surface area contributed by atoms with E-state index in [9.17, 15) is 21.6 Å². The van der Waals surface area contributed by atoms with Crippen LogP contribution in [-0.4, -0.2) is 52.0 Å². The van der Waals surface area contributed by atoms with Gasteiger partial charge < -0.3 is 9.26 Å². The molecule has 0 bridgehead atoms. The first kappa shape index (κ1) is 23.8. The Labute approximate surface area is 203 Å². The number of hydrogen-bond donors (Lipinski definition) is 0. The maximum atomic E-state index is 12.3. The Kier molecular flexibility index (Phi) is 5.90. The van der Waals surface area contributed by atoms with E-state index >= 15 is 0 Å². The van der Waals surface area contributed by atoms with Gasteiger partial charge >= 0.3 is 6.36 Å². The molecule has 1 fully saturated rings. The van der Waals surface area contributed by atoms with Crippen molar-refractivity contribution >= 4 is 15.7 Å². The zero-order valence-corrected chi connectivity index (χ0v) is 19.6. The number of hydrogen-bond acceptors (Lipinski definition) is 8. The van der Waals surface area contributed by atoms with Crippen LogP contribution in [0.1, 0.15) is 17.8 Å². The molecule has 5 rings (SSSR count). The molecule has 1 aliphatic rings. The van der Waals surface area contributed by atoms with E-state index in [1.165, 1.54) is 16.4 Å². The molecular formula is C22H19F3N6O4S. The maximum Gasteiger partial charge on any atom is 0.573 e. The lowest BCUT2D eigenvalue weighted by atomic mass is 10.2. The van der Waals surface area contributed by atoms with E-state index in [4.69, 9.17) is 4.52 Å². The fourth-order valence-corrected chi connectivity index (χ4v) is 5.37.